The molecule has 1 saturated carbocycles. The first kappa shape index (κ1) is 10.3. The molecule has 0 aliphatic heterocycles. The summed E-state index contributed by atoms with van der Waals surface area (Å²) >= 11 is 1.78. The van der Waals surface area contributed by atoms with E-state index >= 15 is 0 Å². The number of hydrogen-bond donors (Lipinski definition) is 2. The predicted molar refractivity (Wildman–Crippen MR) is 56.5 cm³/mol. The van der Waals surface area contributed by atoms with Crippen molar-refractivity contribution in [1.29, 1.82) is 0 Å². The van der Waals surface area contributed by atoms with Crippen LogP contribution in [-0.4, -0.2) is 33.8 Å². The third-order valence-corrected chi connectivity index (χ3v) is 3.96. The van der Waals surface area contributed by atoms with Crippen LogP contribution in [0.5, 0.6) is 0 Å². The van der Waals surface area contributed by atoms with Crippen LogP contribution in [-0.2, 0) is 0 Å². The molecule has 0 saturated heterocycles. The molecule has 0 atom stereocenters. The van der Waals surface area contributed by atoms with E-state index in [1.54, 1.807) is 11.8 Å². The molecule has 1 fully saturated rings. The highest BCUT2D eigenvalue weighted by Gasteiger charge is 2.42. The molecule has 1 heterocycles. The van der Waals surface area contributed by atoms with Gasteiger partial charge in [0.1, 0.15) is 0 Å². The standard InChI is InChI=1S/C8H12N4O2S/c1-15-8(2-3-8)4-10-7(13)5-6(9)12-14-11-5/h2-4H2,1H3,(H2,9,12)(H,10,13). The second-order valence-corrected chi connectivity index (χ2v) is 4.84. The molecule has 0 aromatic carbocycles. The normalized spacial score (nSPS) is 17.4. The predicted octanol–water partition coefficient (Wildman–Crippen LogP) is 0.277. The minimum atomic E-state index is -0.325. The zero-order valence-electron chi connectivity index (χ0n) is 8.32. The van der Waals surface area contributed by atoms with Crippen molar-refractivity contribution in [3.8, 4) is 0 Å². The van der Waals surface area contributed by atoms with E-state index in [2.05, 4.69) is 20.3 Å². The van der Waals surface area contributed by atoms with Crippen LogP contribution in [0.2, 0.25) is 0 Å². The zero-order chi connectivity index (χ0) is 10.9. The lowest BCUT2D eigenvalue weighted by atomic mass is 10.3. The summed E-state index contributed by atoms with van der Waals surface area (Å²) in [4.78, 5) is 11.6. The Morgan fingerprint density at radius 1 is 1.67 bits per heavy atom. The number of nitrogen functional groups attached to an aromatic ring is 1. The molecule has 1 aromatic heterocycles. The summed E-state index contributed by atoms with van der Waals surface area (Å²) in [6, 6.07) is 0. The van der Waals surface area contributed by atoms with Gasteiger partial charge in [-0.1, -0.05) is 0 Å². The lowest BCUT2D eigenvalue weighted by molar-refractivity contribution is 0.0944. The number of thioether (sulfide) groups is 1. The van der Waals surface area contributed by atoms with Crippen molar-refractivity contribution < 1.29 is 9.42 Å². The van der Waals surface area contributed by atoms with Crippen LogP contribution in [0.3, 0.4) is 0 Å². The van der Waals surface area contributed by atoms with Gasteiger partial charge in [-0.05, 0) is 29.4 Å². The van der Waals surface area contributed by atoms with Crippen molar-refractivity contribution >= 4 is 23.5 Å². The van der Waals surface area contributed by atoms with Gasteiger partial charge < -0.3 is 11.1 Å². The third kappa shape index (κ3) is 2.06. The quantitative estimate of drug-likeness (QED) is 0.768. The van der Waals surface area contributed by atoms with E-state index < -0.39 is 0 Å². The number of nitrogens with two attached hydrogens (primary N) is 1. The van der Waals surface area contributed by atoms with E-state index in [1.807, 2.05) is 6.26 Å². The number of carbonyl (C=O) groups is 1. The minimum Gasteiger partial charge on any atom is -0.379 e. The van der Waals surface area contributed by atoms with Crippen molar-refractivity contribution in [2.45, 2.75) is 17.6 Å². The van der Waals surface area contributed by atoms with Gasteiger partial charge in [-0.2, -0.15) is 11.8 Å². The molecular formula is C8H12N4O2S. The Hall–Kier alpha value is -1.24. The van der Waals surface area contributed by atoms with Gasteiger partial charge in [0.15, 0.2) is 0 Å². The molecule has 15 heavy (non-hydrogen) atoms. The summed E-state index contributed by atoms with van der Waals surface area (Å²) in [7, 11) is 0. The molecule has 1 aliphatic carbocycles. The largest absolute Gasteiger partial charge is 0.379 e. The van der Waals surface area contributed by atoms with Crippen LogP contribution in [0.4, 0.5) is 5.82 Å². The molecule has 6 nitrogen and oxygen atoms in total. The number of carbonyl (C=O) groups excluding carboxylic acids is 1. The smallest absolute Gasteiger partial charge is 0.277 e. The van der Waals surface area contributed by atoms with Gasteiger partial charge in [0.2, 0.25) is 11.5 Å². The lowest BCUT2D eigenvalue weighted by Gasteiger charge is -2.11. The summed E-state index contributed by atoms with van der Waals surface area (Å²) in [6.07, 6.45) is 4.33. The minimum absolute atomic E-state index is 0.0292. The Balaban J connectivity index is 1.91. The monoisotopic (exact) mass is 228 g/mol. The molecule has 2 rings (SSSR count). The van der Waals surface area contributed by atoms with Gasteiger partial charge in [0, 0.05) is 11.3 Å². The highest BCUT2D eigenvalue weighted by atomic mass is 32.2. The number of nitrogens with one attached hydrogen (secondary N) is 1. The van der Waals surface area contributed by atoms with Crippen LogP contribution in [0.1, 0.15) is 23.3 Å². The highest BCUT2D eigenvalue weighted by molar-refractivity contribution is 8.00. The Morgan fingerprint density at radius 2 is 2.40 bits per heavy atom. The fraction of sp³-hybridized carbons (Fsp3) is 0.625. The topological polar surface area (TPSA) is 94.0 Å². The molecule has 82 valence electrons. The molecule has 1 amide bonds. The van der Waals surface area contributed by atoms with Crippen LogP contribution in [0.25, 0.3) is 0 Å². The molecule has 0 spiro atoms. The first-order valence-corrected chi connectivity index (χ1v) is 5.81. The summed E-state index contributed by atoms with van der Waals surface area (Å²) in [5.74, 6) is -0.296. The van der Waals surface area contributed by atoms with Crippen LogP contribution in [0.15, 0.2) is 4.63 Å². The van der Waals surface area contributed by atoms with Crippen molar-refractivity contribution in [3.63, 3.8) is 0 Å². The van der Waals surface area contributed by atoms with Crippen molar-refractivity contribution in [2.24, 2.45) is 0 Å². The fourth-order valence-corrected chi connectivity index (χ4v) is 2.00. The molecule has 0 unspecified atom stereocenters. The molecule has 3 N–H and O–H groups in total. The number of anilines is 1. The zero-order valence-corrected chi connectivity index (χ0v) is 9.13. The highest BCUT2D eigenvalue weighted by Crippen LogP contribution is 2.46. The van der Waals surface area contributed by atoms with E-state index in [4.69, 9.17) is 5.73 Å². The summed E-state index contributed by atoms with van der Waals surface area (Å²) in [5, 5.41) is 9.55. The van der Waals surface area contributed by atoms with Crippen LogP contribution >= 0.6 is 11.8 Å². The molecule has 0 bridgehead atoms. The average molecular weight is 228 g/mol. The fourth-order valence-electron chi connectivity index (χ4n) is 1.27. The van der Waals surface area contributed by atoms with Gasteiger partial charge in [0.05, 0.1) is 0 Å². The van der Waals surface area contributed by atoms with Gasteiger partial charge in [-0.3, -0.25) is 4.79 Å². The third-order valence-electron chi connectivity index (χ3n) is 2.54. The van der Waals surface area contributed by atoms with Crippen LogP contribution in [0, 0.1) is 0 Å². The SMILES string of the molecule is CSC1(CNC(=O)c2nonc2N)CC1. The van der Waals surface area contributed by atoms with Crippen molar-refractivity contribution in [2.75, 3.05) is 18.5 Å². The summed E-state index contributed by atoms with van der Waals surface area (Å²) in [5.41, 5.74) is 5.46. The number of amides is 1. The maximum absolute atomic E-state index is 11.6. The number of rotatable bonds is 4. The van der Waals surface area contributed by atoms with E-state index in [9.17, 15) is 4.79 Å². The second-order valence-electron chi connectivity index (χ2n) is 3.57. The molecule has 1 aromatic rings. The Morgan fingerprint density at radius 3 is 2.87 bits per heavy atom. The van der Waals surface area contributed by atoms with Gasteiger partial charge in [0.25, 0.3) is 5.91 Å². The van der Waals surface area contributed by atoms with Gasteiger partial charge in [-0.15, -0.1) is 0 Å². The number of aromatic nitrogens is 2. The average Bonchev–Trinajstić information content (AvgIpc) is 2.91. The molecule has 7 heteroatoms. The Bertz CT molecular complexity index is 374. The summed E-state index contributed by atoms with van der Waals surface area (Å²) in [6.45, 7) is 0.638. The first-order chi connectivity index (χ1) is 7.17. The second kappa shape index (κ2) is 3.73. The summed E-state index contributed by atoms with van der Waals surface area (Å²) < 4.78 is 4.57. The van der Waals surface area contributed by atoms with Crippen molar-refractivity contribution in [3.05, 3.63) is 5.69 Å². The van der Waals surface area contributed by atoms with Gasteiger partial charge >= 0.3 is 0 Å². The first-order valence-electron chi connectivity index (χ1n) is 4.58. The van der Waals surface area contributed by atoms with E-state index in [1.165, 1.54) is 0 Å². The van der Waals surface area contributed by atoms with Crippen LogP contribution < -0.4 is 11.1 Å². The van der Waals surface area contributed by atoms with E-state index in [-0.39, 0.29) is 22.2 Å². The maximum atomic E-state index is 11.6. The number of nitrogens with zero attached hydrogens (tertiary/aromatic N) is 2. The Kier molecular flexibility index (Phi) is 2.56. The number of hydrogen-bond acceptors (Lipinski definition) is 6. The lowest BCUT2D eigenvalue weighted by Crippen LogP contribution is -2.32. The molecule has 0 radical (unpaired) electrons. The molecule has 1 aliphatic rings. The van der Waals surface area contributed by atoms with Gasteiger partial charge in [-0.25, -0.2) is 4.63 Å². The maximum Gasteiger partial charge on any atom is 0.277 e. The Labute approximate surface area is 90.9 Å². The van der Waals surface area contributed by atoms with E-state index in [0.29, 0.717) is 6.54 Å². The van der Waals surface area contributed by atoms with Crippen molar-refractivity contribution in [1.82, 2.24) is 15.6 Å². The van der Waals surface area contributed by atoms with E-state index in [0.717, 1.165) is 12.8 Å². The molecular weight excluding hydrogens is 216 g/mol.